The first-order valence-corrected chi connectivity index (χ1v) is 8.16. The average Bonchev–Trinajstić information content (AvgIpc) is 2.59. The Bertz CT molecular complexity index is 629. The molecule has 0 radical (unpaired) electrons. The Morgan fingerprint density at radius 2 is 1.77 bits per heavy atom. The van der Waals surface area contributed by atoms with Crippen LogP contribution in [0.1, 0.15) is 32.6 Å². The van der Waals surface area contributed by atoms with E-state index in [4.69, 9.17) is 23.7 Å². The molecule has 1 saturated heterocycles. The summed E-state index contributed by atoms with van der Waals surface area (Å²) in [6, 6.07) is 9.16. The van der Waals surface area contributed by atoms with Crippen LogP contribution in [0.4, 0.5) is 0 Å². The standard InChI is InChI=1S/C18H22O8/c1-11(19)22-9-15(24-12(2)20)17-16(25-13(3)21)10-23-18(26-17)14-7-5-4-6-8-14/h4-8,15-18H,9-10H2,1-3H3/t15-,16-,17-,18?/m1/s1. The van der Waals surface area contributed by atoms with Crippen LogP contribution >= 0.6 is 0 Å². The van der Waals surface area contributed by atoms with Crippen molar-refractivity contribution >= 4 is 17.9 Å². The molecule has 0 amide bonds. The summed E-state index contributed by atoms with van der Waals surface area (Å²) in [7, 11) is 0. The highest BCUT2D eigenvalue weighted by Crippen LogP contribution is 2.30. The lowest BCUT2D eigenvalue weighted by atomic mass is 10.1. The van der Waals surface area contributed by atoms with Gasteiger partial charge in [-0.15, -0.1) is 0 Å². The average molecular weight is 366 g/mol. The SMILES string of the molecule is CC(=O)OC[C@@H](OC(C)=O)[C@H]1OC(c2ccccc2)OC[C@H]1OC(C)=O. The zero-order chi connectivity index (χ0) is 19.1. The van der Waals surface area contributed by atoms with E-state index in [1.165, 1.54) is 20.8 Å². The predicted octanol–water partition coefficient (Wildman–Crippen LogP) is 1.53. The first kappa shape index (κ1) is 19.9. The third-order valence-corrected chi connectivity index (χ3v) is 3.58. The molecule has 1 aliphatic heterocycles. The van der Waals surface area contributed by atoms with Crippen molar-refractivity contribution in [2.24, 2.45) is 0 Å². The smallest absolute Gasteiger partial charge is 0.303 e. The minimum atomic E-state index is -0.948. The fourth-order valence-corrected chi connectivity index (χ4v) is 2.58. The van der Waals surface area contributed by atoms with Crippen LogP contribution in [0.2, 0.25) is 0 Å². The summed E-state index contributed by atoms with van der Waals surface area (Å²) in [5.74, 6) is -1.63. The van der Waals surface area contributed by atoms with E-state index in [1.807, 2.05) is 30.3 Å². The summed E-state index contributed by atoms with van der Waals surface area (Å²) in [5.41, 5.74) is 0.757. The second kappa shape index (κ2) is 9.30. The molecule has 0 N–H and O–H groups in total. The Morgan fingerprint density at radius 1 is 1.08 bits per heavy atom. The minimum absolute atomic E-state index is 0.0433. The van der Waals surface area contributed by atoms with Crippen LogP contribution in [0.5, 0.6) is 0 Å². The van der Waals surface area contributed by atoms with Crippen molar-refractivity contribution in [1.82, 2.24) is 0 Å². The number of rotatable bonds is 6. The Kier molecular flexibility index (Phi) is 7.11. The number of ether oxygens (including phenoxy) is 5. The maximum atomic E-state index is 11.5. The summed E-state index contributed by atoms with van der Waals surface area (Å²) in [6.45, 7) is 3.55. The molecule has 8 nitrogen and oxygen atoms in total. The molecule has 1 heterocycles. The molecule has 0 aromatic heterocycles. The second-order valence-electron chi connectivity index (χ2n) is 5.77. The lowest BCUT2D eigenvalue weighted by molar-refractivity contribution is -0.283. The van der Waals surface area contributed by atoms with E-state index in [1.54, 1.807) is 0 Å². The molecule has 8 heteroatoms. The maximum absolute atomic E-state index is 11.5. The number of carbonyl (C=O) groups is 3. The third-order valence-electron chi connectivity index (χ3n) is 3.58. The molecular weight excluding hydrogens is 344 g/mol. The van der Waals surface area contributed by atoms with Gasteiger partial charge in [0.15, 0.2) is 18.5 Å². The normalized spacial score (nSPS) is 23.6. The Hall–Kier alpha value is -2.45. The highest BCUT2D eigenvalue weighted by Gasteiger charge is 2.42. The Morgan fingerprint density at radius 3 is 2.35 bits per heavy atom. The highest BCUT2D eigenvalue weighted by molar-refractivity contribution is 5.67. The minimum Gasteiger partial charge on any atom is -0.462 e. The molecule has 1 fully saturated rings. The molecule has 0 bridgehead atoms. The monoisotopic (exact) mass is 366 g/mol. The van der Waals surface area contributed by atoms with Gasteiger partial charge in [0.05, 0.1) is 6.61 Å². The number of carbonyl (C=O) groups excluding carboxylic acids is 3. The van der Waals surface area contributed by atoms with Gasteiger partial charge in [0.1, 0.15) is 12.7 Å². The first-order chi connectivity index (χ1) is 12.4. The van der Waals surface area contributed by atoms with Gasteiger partial charge in [0.25, 0.3) is 0 Å². The zero-order valence-corrected chi connectivity index (χ0v) is 14.9. The van der Waals surface area contributed by atoms with Gasteiger partial charge in [-0.3, -0.25) is 14.4 Å². The fraction of sp³-hybridized carbons (Fsp3) is 0.500. The van der Waals surface area contributed by atoms with Crippen LogP contribution in [-0.2, 0) is 38.1 Å². The molecule has 0 spiro atoms. The lowest BCUT2D eigenvalue weighted by Crippen LogP contribution is -2.52. The molecule has 142 valence electrons. The van der Waals surface area contributed by atoms with Crippen LogP contribution in [0, 0.1) is 0 Å². The van der Waals surface area contributed by atoms with Gasteiger partial charge >= 0.3 is 17.9 Å². The van der Waals surface area contributed by atoms with Crippen LogP contribution in [0.15, 0.2) is 30.3 Å². The van der Waals surface area contributed by atoms with Gasteiger partial charge in [-0.1, -0.05) is 30.3 Å². The van der Waals surface area contributed by atoms with Crippen molar-refractivity contribution in [3.63, 3.8) is 0 Å². The van der Waals surface area contributed by atoms with Gasteiger partial charge in [0, 0.05) is 26.3 Å². The first-order valence-electron chi connectivity index (χ1n) is 8.16. The van der Waals surface area contributed by atoms with Crippen molar-refractivity contribution < 1.29 is 38.1 Å². The highest BCUT2D eigenvalue weighted by atomic mass is 16.7. The second-order valence-corrected chi connectivity index (χ2v) is 5.77. The van der Waals surface area contributed by atoms with E-state index in [0.717, 1.165) is 5.56 Å². The molecule has 1 unspecified atom stereocenters. The molecule has 0 saturated carbocycles. The van der Waals surface area contributed by atoms with E-state index >= 15 is 0 Å². The molecule has 26 heavy (non-hydrogen) atoms. The molecule has 0 aliphatic carbocycles. The van der Waals surface area contributed by atoms with E-state index in [-0.39, 0.29) is 13.2 Å². The van der Waals surface area contributed by atoms with Crippen LogP contribution < -0.4 is 0 Å². The van der Waals surface area contributed by atoms with Crippen LogP contribution in [0.25, 0.3) is 0 Å². The van der Waals surface area contributed by atoms with E-state index in [2.05, 4.69) is 0 Å². The van der Waals surface area contributed by atoms with Crippen LogP contribution in [-0.4, -0.2) is 49.4 Å². The van der Waals surface area contributed by atoms with Gasteiger partial charge in [-0.2, -0.15) is 0 Å². The molecule has 4 atom stereocenters. The quantitative estimate of drug-likeness (QED) is 0.552. The Labute approximate surface area is 151 Å². The molecule has 1 aromatic carbocycles. The number of esters is 3. The number of hydrogen-bond donors (Lipinski definition) is 0. The summed E-state index contributed by atoms with van der Waals surface area (Å²) < 4.78 is 27.0. The van der Waals surface area contributed by atoms with Crippen LogP contribution in [0.3, 0.4) is 0 Å². The Balaban J connectivity index is 2.22. The van der Waals surface area contributed by atoms with Gasteiger partial charge in [-0.05, 0) is 0 Å². The largest absolute Gasteiger partial charge is 0.462 e. The van der Waals surface area contributed by atoms with E-state index in [9.17, 15) is 14.4 Å². The maximum Gasteiger partial charge on any atom is 0.303 e. The van der Waals surface area contributed by atoms with Gasteiger partial charge < -0.3 is 23.7 Å². The van der Waals surface area contributed by atoms with Gasteiger partial charge in [0.2, 0.25) is 0 Å². The van der Waals surface area contributed by atoms with Crippen molar-refractivity contribution in [2.75, 3.05) is 13.2 Å². The molecule has 1 aromatic rings. The van der Waals surface area contributed by atoms with E-state index < -0.39 is 42.5 Å². The van der Waals surface area contributed by atoms with Crippen molar-refractivity contribution in [1.29, 1.82) is 0 Å². The van der Waals surface area contributed by atoms with E-state index in [0.29, 0.717) is 0 Å². The van der Waals surface area contributed by atoms with Gasteiger partial charge in [-0.25, -0.2) is 0 Å². The summed E-state index contributed by atoms with van der Waals surface area (Å²) in [5, 5.41) is 0. The summed E-state index contributed by atoms with van der Waals surface area (Å²) in [4.78, 5) is 34.0. The predicted molar refractivity (Wildman–Crippen MR) is 87.7 cm³/mol. The zero-order valence-electron chi connectivity index (χ0n) is 14.9. The van der Waals surface area contributed by atoms with Crippen molar-refractivity contribution in [3.8, 4) is 0 Å². The third kappa shape index (κ3) is 5.82. The number of benzene rings is 1. The molecular formula is C18H22O8. The molecule has 2 rings (SSSR count). The lowest BCUT2D eigenvalue weighted by Gasteiger charge is -2.39. The summed E-state index contributed by atoms with van der Waals surface area (Å²) >= 11 is 0. The number of hydrogen-bond acceptors (Lipinski definition) is 8. The van der Waals surface area contributed by atoms with Crippen molar-refractivity contribution in [2.45, 2.75) is 45.4 Å². The van der Waals surface area contributed by atoms with Crippen molar-refractivity contribution in [3.05, 3.63) is 35.9 Å². The summed E-state index contributed by atoms with van der Waals surface area (Å²) in [6.07, 6.45) is -3.35. The molecule has 1 aliphatic rings. The fourth-order valence-electron chi connectivity index (χ4n) is 2.58. The topological polar surface area (TPSA) is 97.4 Å².